The van der Waals surface area contributed by atoms with Crippen LogP contribution < -0.4 is 10.6 Å². The number of carbonyl (C=O) groups excluding carboxylic acids is 2. The number of hydrogen-bond acceptors (Lipinski definition) is 5. The number of ether oxygens (including phenoxy) is 1. The molecule has 2 rings (SSSR count). The van der Waals surface area contributed by atoms with Crippen molar-refractivity contribution >= 4 is 18.0 Å². The van der Waals surface area contributed by atoms with E-state index in [-0.39, 0.29) is 42.6 Å². The lowest BCUT2D eigenvalue weighted by Gasteiger charge is -2.42. The van der Waals surface area contributed by atoms with E-state index in [4.69, 9.17) is 9.84 Å². The third-order valence-corrected chi connectivity index (χ3v) is 5.39. The van der Waals surface area contributed by atoms with Crippen molar-refractivity contribution in [3.05, 3.63) is 0 Å². The van der Waals surface area contributed by atoms with Gasteiger partial charge in [-0.3, -0.25) is 14.5 Å². The van der Waals surface area contributed by atoms with E-state index in [1.165, 1.54) is 0 Å². The fourth-order valence-corrected chi connectivity index (χ4v) is 3.82. The fourth-order valence-electron chi connectivity index (χ4n) is 3.82. The number of carbonyl (C=O) groups is 3. The maximum absolute atomic E-state index is 12.1. The van der Waals surface area contributed by atoms with E-state index < -0.39 is 5.97 Å². The Kier molecular flexibility index (Phi) is 7.68. The molecule has 0 aromatic carbocycles. The lowest BCUT2D eigenvalue weighted by molar-refractivity contribution is -0.149. The lowest BCUT2D eigenvalue weighted by Crippen LogP contribution is -2.57. The van der Waals surface area contributed by atoms with E-state index in [1.807, 2.05) is 18.7 Å². The van der Waals surface area contributed by atoms with Crippen LogP contribution in [0, 0.1) is 5.92 Å². The average molecular weight is 369 g/mol. The van der Waals surface area contributed by atoms with Gasteiger partial charge in [-0.2, -0.15) is 0 Å². The smallest absolute Gasteiger partial charge is 0.317 e. The molecular formula is C18H31N3O5. The number of carboxylic acids is 1. The molecule has 0 aromatic rings. The van der Waals surface area contributed by atoms with Gasteiger partial charge in [-0.25, -0.2) is 4.79 Å². The summed E-state index contributed by atoms with van der Waals surface area (Å²) in [5, 5.41) is 14.9. The largest absolute Gasteiger partial charge is 0.480 e. The van der Waals surface area contributed by atoms with Gasteiger partial charge in [0.1, 0.15) is 0 Å². The standard InChI is InChI=1S/C18H31N3O5/c1-3-21(11-16(22)23)15-9-14(10-15)20-18(25)19-13-7-5-12(6-8-13)17(24)26-4-2/h12-15H,3-11H2,1-2H3,(H,22,23)(H2,19,20,25). The third kappa shape index (κ3) is 5.86. The van der Waals surface area contributed by atoms with Gasteiger partial charge in [0.2, 0.25) is 0 Å². The molecule has 8 heteroatoms. The minimum atomic E-state index is -0.820. The van der Waals surface area contributed by atoms with Crippen LogP contribution in [0.5, 0.6) is 0 Å². The minimum Gasteiger partial charge on any atom is -0.480 e. The van der Waals surface area contributed by atoms with Crippen LogP contribution >= 0.6 is 0 Å². The first kappa shape index (κ1) is 20.5. The molecule has 0 unspecified atom stereocenters. The van der Waals surface area contributed by atoms with Gasteiger partial charge >= 0.3 is 18.0 Å². The molecule has 0 saturated heterocycles. The Morgan fingerprint density at radius 1 is 1.04 bits per heavy atom. The van der Waals surface area contributed by atoms with Crippen molar-refractivity contribution in [1.29, 1.82) is 0 Å². The quantitative estimate of drug-likeness (QED) is 0.557. The molecule has 0 aliphatic heterocycles. The summed E-state index contributed by atoms with van der Waals surface area (Å²) in [6.07, 6.45) is 4.62. The highest BCUT2D eigenvalue weighted by Crippen LogP contribution is 2.27. The summed E-state index contributed by atoms with van der Waals surface area (Å²) in [7, 11) is 0. The topological polar surface area (TPSA) is 108 Å². The summed E-state index contributed by atoms with van der Waals surface area (Å²) in [6, 6.07) is 0.241. The summed E-state index contributed by atoms with van der Waals surface area (Å²) >= 11 is 0. The molecule has 2 aliphatic rings. The van der Waals surface area contributed by atoms with Crippen molar-refractivity contribution in [2.24, 2.45) is 5.92 Å². The number of nitrogens with one attached hydrogen (secondary N) is 2. The second kappa shape index (κ2) is 9.75. The van der Waals surface area contributed by atoms with Gasteiger partial charge < -0.3 is 20.5 Å². The highest BCUT2D eigenvalue weighted by molar-refractivity contribution is 5.75. The zero-order valence-corrected chi connectivity index (χ0v) is 15.7. The summed E-state index contributed by atoms with van der Waals surface area (Å²) in [5.74, 6) is -0.991. The van der Waals surface area contributed by atoms with Gasteiger partial charge in [-0.15, -0.1) is 0 Å². The van der Waals surface area contributed by atoms with Crippen molar-refractivity contribution in [3.63, 3.8) is 0 Å². The van der Waals surface area contributed by atoms with Crippen LogP contribution in [0.1, 0.15) is 52.4 Å². The van der Waals surface area contributed by atoms with Gasteiger partial charge in [0.05, 0.1) is 19.1 Å². The molecular weight excluding hydrogens is 338 g/mol. The molecule has 0 aromatic heterocycles. The number of amides is 2. The second-order valence-electron chi connectivity index (χ2n) is 7.20. The number of rotatable bonds is 8. The van der Waals surface area contributed by atoms with Crippen LogP contribution in [0.15, 0.2) is 0 Å². The van der Waals surface area contributed by atoms with Gasteiger partial charge in [-0.1, -0.05) is 6.92 Å². The van der Waals surface area contributed by atoms with Gasteiger partial charge in [0.15, 0.2) is 0 Å². The fraction of sp³-hybridized carbons (Fsp3) is 0.833. The van der Waals surface area contributed by atoms with E-state index in [0.717, 1.165) is 38.5 Å². The first-order valence-electron chi connectivity index (χ1n) is 9.62. The van der Waals surface area contributed by atoms with Crippen LogP contribution in [-0.2, 0) is 14.3 Å². The molecule has 0 spiro atoms. The van der Waals surface area contributed by atoms with E-state index in [2.05, 4.69) is 10.6 Å². The maximum Gasteiger partial charge on any atom is 0.317 e. The zero-order valence-electron chi connectivity index (χ0n) is 15.7. The number of likely N-dealkylation sites (N-methyl/N-ethyl adjacent to an activating group) is 1. The van der Waals surface area contributed by atoms with Gasteiger partial charge in [0, 0.05) is 18.1 Å². The van der Waals surface area contributed by atoms with E-state index in [0.29, 0.717) is 13.2 Å². The number of carboxylic acid groups (broad SMARTS) is 1. The zero-order chi connectivity index (χ0) is 19.1. The Morgan fingerprint density at radius 3 is 2.19 bits per heavy atom. The SMILES string of the molecule is CCOC(=O)C1CCC(NC(=O)NC2CC(N(CC)CC(=O)O)C2)CC1. The number of aliphatic carboxylic acids is 1. The molecule has 0 bridgehead atoms. The number of urea groups is 1. The molecule has 3 N–H and O–H groups in total. The molecule has 26 heavy (non-hydrogen) atoms. The minimum absolute atomic E-state index is 0.0438. The van der Waals surface area contributed by atoms with Crippen LogP contribution in [0.2, 0.25) is 0 Å². The number of hydrogen-bond donors (Lipinski definition) is 3. The number of esters is 1. The van der Waals surface area contributed by atoms with Crippen LogP contribution in [0.3, 0.4) is 0 Å². The average Bonchev–Trinajstić information content (AvgIpc) is 2.56. The van der Waals surface area contributed by atoms with Crippen LogP contribution in [0.4, 0.5) is 4.79 Å². The molecule has 2 amide bonds. The Hall–Kier alpha value is -1.83. The van der Waals surface area contributed by atoms with Gasteiger partial charge in [-0.05, 0) is 52.0 Å². The summed E-state index contributed by atoms with van der Waals surface area (Å²) in [6.45, 7) is 4.90. The van der Waals surface area contributed by atoms with Crippen molar-refractivity contribution < 1.29 is 24.2 Å². The van der Waals surface area contributed by atoms with Crippen molar-refractivity contribution in [1.82, 2.24) is 15.5 Å². The lowest BCUT2D eigenvalue weighted by atomic mass is 9.85. The Bertz CT molecular complexity index is 499. The number of nitrogens with zero attached hydrogens (tertiary/aromatic N) is 1. The molecule has 2 saturated carbocycles. The first-order valence-corrected chi connectivity index (χ1v) is 9.62. The normalized spacial score (nSPS) is 28.1. The van der Waals surface area contributed by atoms with Crippen molar-refractivity contribution in [2.75, 3.05) is 19.7 Å². The monoisotopic (exact) mass is 369 g/mol. The molecule has 148 valence electrons. The first-order chi connectivity index (χ1) is 12.4. The summed E-state index contributed by atoms with van der Waals surface area (Å²) in [5.41, 5.74) is 0. The third-order valence-electron chi connectivity index (χ3n) is 5.39. The Morgan fingerprint density at radius 2 is 1.65 bits per heavy atom. The molecule has 2 aliphatic carbocycles. The predicted molar refractivity (Wildman–Crippen MR) is 95.7 cm³/mol. The second-order valence-corrected chi connectivity index (χ2v) is 7.20. The highest BCUT2D eigenvalue weighted by Gasteiger charge is 2.35. The summed E-state index contributed by atoms with van der Waals surface area (Å²) < 4.78 is 5.06. The Labute approximate surface area is 154 Å². The van der Waals surface area contributed by atoms with Crippen LogP contribution in [-0.4, -0.2) is 65.8 Å². The van der Waals surface area contributed by atoms with Crippen molar-refractivity contribution in [3.8, 4) is 0 Å². The Balaban J connectivity index is 1.63. The molecule has 8 nitrogen and oxygen atoms in total. The maximum atomic E-state index is 12.1. The van der Waals surface area contributed by atoms with E-state index in [9.17, 15) is 14.4 Å². The molecule has 0 heterocycles. The van der Waals surface area contributed by atoms with Gasteiger partial charge in [0.25, 0.3) is 0 Å². The summed E-state index contributed by atoms with van der Waals surface area (Å²) in [4.78, 5) is 36.6. The van der Waals surface area contributed by atoms with Crippen LogP contribution in [0.25, 0.3) is 0 Å². The molecule has 2 fully saturated rings. The molecule has 0 radical (unpaired) electrons. The van der Waals surface area contributed by atoms with E-state index in [1.54, 1.807) is 0 Å². The van der Waals surface area contributed by atoms with Crippen molar-refractivity contribution in [2.45, 2.75) is 70.5 Å². The highest BCUT2D eigenvalue weighted by atomic mass is 16.5. The predicted octanol–water partition coefficient (Wildman–Crippen LogP) is 1.35. The van der Waals surface area contributed by atoms with E-state index >= 15 is 0 Å². The molecule has 0 atom stereocenters.